The van der Waals surface area contributed by atoms with E-state index in [0.29, 0.717) is 24.8 Å². The highest BCUT2D eigenvalue weighted by Crippen LogP contribution is 2.30. The fraction of sp³-hybridized carbons (Fsp3) is 0.400. The average molecular weight is 809 g/mol. The Hall–Kier alpha value is -6.72. The SMILES string of the molecule is CCCCCC(C(=O)NCNC(=O)c1ccc(-c2ccc(C(=O)NC(CC(=O)O)C(=O)O)c(OCC(=O)O)c2)o1)C(CC)N(C=O)OC(=O)c1ccccc1C(C)C. The molecule has 18 heteroatoms. The molecule has 312 valence electrons. The summed E-state index contributed by atoms with van der Waals surface area (Å²) >= 11 is 0. The van der Waals surface area contributed by atoms with Gasteiger partial charge in [-0.3, -0.25) is 24.0 Å². The van der Waals surface area contributed by atoms with Crippen LogP contribution in [0.15, 0.2) is 59.0 Å². The summed E-state index contributed by atoms with van der Waals surface area (Å²) in [6.07, 6.45) is 2.40. The number of ether oxygens (including phenoxy) is 1. The predicted molar refractivity (Wildman–Crippen MR) is 204 cm³/mol. The second-order valence-electron chi connectivity index (χ2n) is 13.4. The molecule has 3 rings (SSSR count). The van der Waals surface area contributed by atoms with E-state index in [0.717, 1.165) is 23.5 Å². The molecule has 0 aliphatic carbocycles. The number of hydrogen-bond acceptors (Lipinski definition) is 11. The Kier molecular flexibility index (Phi) is 17.4. The van der Waals surface area contributed by atoms with Crippen LogP contribution in [0.3, 0.4) is 0 Å². The van der Waals surface area contributed by atoms with E-state index in [9.17, 15) is 43.5 Å². The van der Waals surface area contributed by atoms with E-state index in [1.165, 1.54) is 30.3 Å². The second kappa shape index (κ2) is 22.1. The molecule has 3 unspecified atom stereocenters. The highest BCUT2D eigenvalue weighted by Gasteiger charge is 2.34. The molecule has 3 aromatic rings. The van der Waals surface area contributed by atoms with Gasteiger partial charge >= 0.3 is 23.9 Å². The summed E-state index contributed by atoms with van der Waals surface area (Å²) in [4.78, 5) is 104. The number of carboxylic acid groups (broad SMARTS) is 3. The molecular formula is C40H48N4O14. The Labute approximate surface area is 333 Å². The van der Waals surface area contributed by atoms with Gasteiger partial charge in [0.05, 0.1) is 36.2 Å². The minimum atomic E-state index is -1.79. The molecule has 0 radical (unpaired) electrons. The first kappa shape index (κ1) is 45.7. The van der Waals surface area contributed by atoms with Crippen molar-refractivity contribution in [3.63, 3.8) is 0 Å². The third kappa shape index (κ3) is 12.9. The molecule has 0 fully saturated rings. The van der Waals surface area contributed by atoms with Crippen LogP contribution in [0, 0.1) is 5.92 Å². The lowest BCUT2D eigenvalue weighted by molar-refractivity contribution is -0.171. The molecular weight excluding hydrogens is 760 g/mol. The van der Waals surface area contributed by atoms with Crippen LogP contribution in [0.1, 0.15) is 109 Å². The molecule has 0 bridgehead atoms. The number of nitrogens with one attached hydrogen (secondary N) is 3. The van der Waals surface area contributed by atoms with Crippen LogP contribution in [0.5, 0.6) is 5.75 Å². The lowest BCUT2D eigenvalue weighted by atomic mass is 9.90. The Morgan fingerprint density at radius 2 is 1.59 bits per heavy atom. The number of carbonyl (C=O) groups is 8. The van der Waals surface area contributed by atoms with Crippen LogP contribution < -0.4 is 20.7 Å². The van der Waals surface area contributed by atoms with Gasteiger partial charge in [0.15, 0.2) is 12.4 Å². The number of unbranched alkanes of at least 4 members (excludes halogenated alkanes) is 2. The van der Waals surface area contributed by atoms with Gasteiger partial charge in [-0.1, -0.05) is 71.2 Å². The summed E-state index contributed by atoms with van der Waals surface area (Å²) in [5, 5.41) is 35.6. The maximum atomic E-state index is 13.6. The van der Waals surface area contributed by atoms with Crippen molar-refractivity contribution in [2.24, 2.45) is 5.92 Å². The van der Waals surface area contributed by atoms with Gasteiger partial charge in [0.2, 0.25) is 12.3 Å². The standard InChI is InChI=1S/C40H48N4O14/c1-5-7-8-13-27(30(6-2)44(22-45)58-40(55)26-12-10-9-11-25(26)23(3)4)36(50)41-21-42-38(52)32-17-16-31(57-32)24-14-15-28(33(18-24)56-20-35(48)49)37(51)43-29(39(53)54)19-34(46)47/h9-12,14-18,22-23,27,29-30H,5-8,13,19-21H2,1-4H3,(H,41,50)(H,42,52)(H,43,51)(H,46,47)(H,48,49)(H,53,54). The van der Waals surface area contributed by atoms with E-state index in [1.54, 1.807) is 31.2 Å². The summed E-state index contributed by atoms with van der Waals surface area (Å²) in [5.41, 5.74) is 0.958. The van der Waals surface area contributed by atoms with Crippen LogP contribution in [-0.2, 0) is 28.8 Å². The molecule has 0 aliphatic rings. The third-order valence-electron chi connectivity index (χ3n) is 8.95. The molecule has 0 saturated carbocycles. The molecule has 1 aromatic heterocycles. The van der Waals surface area contributed by atoms with Gasteiger partial charge in [-0.15, -0.1) is 0 Å². The normalized spacial score (nSPS) is 12.4. The van der Waals surface area contributed by atoms with Gasteiger partial charge in [0.25, 0.3) is 11.8 Å². The van der Waals surface area contributed by atoms with Gasteiger partial charge in [0.1, 0.15) is 17.6 Å². The topological polar surface area (TPSA) is 268 Å². The third-order valence-corrected chi connectivity index (χ3v) is 8.95. The van der Waals surface area contributed by atoms with Crippen LogP contribution in [-0.4, -0.2) is 93.8 Å². The van der Waals surface area contributed by atoms with E-state index < -0.39 is 72.6 Å². The van der Waals surface area contributed by atoms with E-state index in [4.69, 9.17) is 24.2 Å². The average Bonchev–Trinajstić information content (AvgIpc) is 3.69. The van der Waals surface area contributed by atoms with E-state index in [2.05, 4.69) is 16.0 Å². The number of amides is 4. The van der Waals surface area contributed by atoms with Crippen LogP contribution in [0.25, 0.3) is 11.3 Å². The smallest absolute Gasteiger partial charge is 0.363 e. The predicted octanol–water partition coefficient (Wildman–Crippen LogP) is 4.20. The van der Waals surface area contributed by atoms with Crippen molar-refractivity contribution in [3.05, 3.63) is 77.0 Å². The highest BCUT2D eigenvalue weighted by atomic mass is 16.7. The molecule has 3 atom stereocenters. The monoisotopic (exact) mass is 808 g/mol. The lowest BCUT2D eigenvalue weighted by Gasteiger charge is -2.32. The largest absolute Gasteiger partial charge is 0.481 e. The van der Waals surface area contributed by atoms with Gasteiger partial charge in [-0.2, -0.15) is 5.06 Å². The van der Waals surface area contributed by atoms with Crippen molar-refractivity contribution >= 4 is 48.0 Å². The zero-order chi connectivity index (χ0) is 42.9. The van der Waals surface area contributed by atoms with Crippen molar-refractivity contribution in [2.75, 3.05) is 13.3 Å². The van der Waals surface area contributed by atoms with E-state index in [1.807, 2.05) is 20.8 Å². The first-order chi connectivity index (χ1) is 27.6. The first-order valence-electron chi connectivity index (χ1n) is 18.6. The van der Waals surface area contributed by atoms with Crippen molar-refractivity contribution in [1.82, 2.24) is 21.0 Å². The summed E-state index contributed by atoms with van der Waals surface area (Å²) in [6, 6.07) is 10.8. The molecule has 58 heavy (non-hydrogen) atoms. The molecule has 0 aliphatic heterocycles. The second-order valence-corrected chi connectivity index (χ2v) is 13.4. The Bertz CT molecular complexity index is 1960. The number of benzene rings is 2. The van der Waals surface area contributed by atoms with Crippen LogP contribution >= 0.6 is 0 Å². The fourth-order valence-corrected chi connectivity index (χ4v) is 6.03. The zero-order valence-electron chi connectivity index (χ0n) is 32.5. The number of rotatable bonds is 24. The number of carboxylic acids is 3. The number of nitrogens with zero attached hydrogens (tertiary/aromatic N) is 1. The zero-order valence-corrected chi connectivity index (χ0v) is 32.5. The molecule has 2 aromatic carbocycles. The summed E-state index contributed by atoms with van der Waals surface area (Å²) in [5.74, 6) is -8.70. The minimum absolute atomic E-state index is 0.00569. The maximum Gasteiger partial charge on any atom is 0.363 e. The Balaban J connectivity index is 1.74. The highest BCUT2D eigenvalue weighted by molar-refractivity contribution is 6.00. The van der Waals surface area contributed by atoms with Crippen molar-refractivity contribution in [1.29, 1.82) is 0 Å². The molecule has 1 heterocycles. The van der Waals surface area contributed by atoms with E-state index >= 15 is 0 Å². The quantitative estimate of drug-likeness (QED) is 0.0321. The number of furan rings is 1. The number of hydroxylamine groups is 2. The van der Waals surface area contributed by atoms with E-state index in [-0.39, 0.29) is 47.4 Å². The minimum Gasteiger partial charge on any atom is -0.481 e. The van der Waals surface area contributed by atoms with Gasteiger partial charge < -0.3 is 45.3 Å². The summed E-state index contributed by atoms with van der Waals surface area (Å²) < 4.78 is 10.9. The molecule has 4 amide bonds. The van der Waals surface area contributed by atoms with Crippen molar-refractivity contribution < 1.29 is 67.7 Å². The fourth-order valence-electron chi connectivity index (χ4n) is 6.03. The molecule has 6 N–H and O–H groups in total. The lowest BCUT2D eigenvalue weighted by Crippen LogP contribution is -2.49. The Morgan fingerprint density at radius 3 is 2.21 bits per heavy atom. The number of aliphatic carboxylic acids is 3. The number of hydrogen-bond donors (Lipinski definition) is 6. The van der Waals surface area contributed by atoms with Gasteiger partial charge in [-0.05, 0) is 54.7 Å². The van der Waals surface area contributed by atoms with Crippen LogP contribution in [0.4, 0.5) is 0 Å². The van der Waals surface area contributed by atoms with Crippen LogP contribution in [0.2, 0.25) is 0 Å². The maximum absolute atomic E-state index is 13.6. The molecule has 0 spiro atoms. The molecule has 18 nitrogen and oxygen atoms in total. The first-order valence-corrected chi connectivity index (χ1v) is 18.6. The Morgan fingerprint density at radius 1 is 0.862 bits per heavy atom. The summed E-state index contributed by atoms with van der Waals surface area (Å²) in [7, 11) is 0. The number of carbonyl (C=O) groups excluding carboxylic acids is 5. The molecule has 0 saturated heterocycles. The van der Waals surface area contributed by atoms with Crippen molar-refractivity contribution in [2.45, 2.75) is 84.2 Å². The van der Waals surface area contributed by atoms with Gasteiger partial charge in [0, 0.05) is 5.56 Å². The summed E-state index contributed by atoms with van der Waals surface area (Å²) in [6.45, 7) is 6.38. The van der Waals surface area contributed by atoms with Gasteiger partial charge in [-0.25, -0.2) is 14.4 Å². The van der Waals surface area contributed by atoms with Crippen molar-refractivity contribution in [3.8, 4) is 17.1 Å².